The predicted molar refractivity (Wildman–Crippen MR) is 68.1 cm³/mol. The molecule has 1 aliphatic carbocycles. The highest BCUT2D eigenvalue weighted by molar-refractivity contribution is 7.89. The number of nitrogens with one attached hydrogen (secondary N) is 1. The van der Waals surface area contributed by atoms with Gasteiger partial charge in [-0.2, -0.15) is 0 Å². The van der Waals surface area contributed by atoms with Crippen molar-refractivity contribution in [1.29, 1.82) is 0 Å². The molecule has 0 heterocycles. The molecule has 17 heavy (non-hydrogen) atoms. The van der Waals surface area contributed by atoms with E-state index in [-0.39, 0.29) is 4.90 Å². The van der Waals surface area contributed by atoms with Crippen molar-refractivity contribution in [2.75, 3.05) is 17.6 Å². The molecule has 1 fully saturated rings. The molecule has 0 aromatic heterocycles. The van der Waals surface area contributed by atoms with Crippen LogP contribution in [0.5, 0.6) is 0 Å². The zero-order valence-corrected chi connectivity index (χ0v) is 10.5. The lowest BCUT2D eigenvalue weighted by atomic mass is 10.1. The van der Waals surface area contributed by atoms with Crippen molar-refractivity contribution in [3.63, 3.8) is 0 Å². The second kappa shape index (κ2) is 3.89. The van der Waals surface area contributed by atoms with Gasteiger partial charge in [-0.15, -0.1) is 0 Å². The van der Waals surface area contributed by atoms with E-state index in [1.54, 1.807) is 6.07 Å². The third kappa shape index (κ3) is 3.10. The summed E-state index contributed by atoms with van der Waals surface area (Å²) in [4.78, 5) is 0.0425. The van der Waals surface area contributed by atoms with E-state index in [4.69, 9.17) is 10.9 Å². The van der Waals surface area contributed by atoms with E-state index in [2.05, 4.69) is 12.2 Å². The fourth-order valence-electron chi connectivity index (χ4n) is 1.59. The lowest BCUT2D eigenvalue weighted by Crippen LogP contribution is -2.15. The highest BCUT2D eigenvalue weighted by atomic mass is 32.2. The second-order valence-corrected chi connectivity index (χ2v) is 6.56. The van der Waals surface area contributed by atoms with Crippen LogP contribution in [0.2, 0.25) is 0 Å². The van der Waals surface area contributed by atoms with Crippen molar-refractivity contribution in [3.8, 4) is 0 Å². The van der Waals surface area contributed by atoms with Crippen molar-refractivity contribution in [2.45, 2.75) is 24.7 Å². The van der Waals surface area contributed by atoms with Crippen LogP contribution in [-0.4, -0.2) is 15.0 Å². The highest BCUT2D eigenvalue weighted by Crippen LogP contribution is 2.44. The SMILES string of the molecule is CC1(CNc2cc(N)cc(S(N)(=O)=O)c2)CC1. The average Bonchev–Trinajstić information content (AvgIpc) is 2.92. The summed E-state index contributed by atoms with van der Waals surface area (Å²) in [5.41, 5.74) is 7.08. The fourth-order valence-corrected chi connectivity index (χ4v) is 2.19. The van der Waals surface area contributed by atoms with Gasteiger partial charge >= 0.3 is 0 Å². The molecule has 0 spiro atoms. The van der Waals surface area contributed by atoms with Crippen LogP contribution in [0, 0.1) is 5.41 Å². The van der Waals surface area contributed by atoms with Crippen LogP contribution >= 0.6 is 0 Å². The summed E-state index contributed by atoms with van der Waals surface area (Å²) < 4.78 is 22.5. The lowest BCUT2D eigenvalue weighted by Gasteiger charge is -2.12. The number of primary sulfonamides is 1. The highest BCUT2D eigenvalue weighted by Gasteiger charge is 2.36. The number of anilines is 2. The summed E-state index contributed by atoms with van der Waals surface area (Å²) >= 11 is 0. The summed E-state index contributed by atoms with van der Waals surface area (Å²) in [5.74, 6) is 0. The van der Waals surface area contributed by atoms with Crippen molar-refractivity contribution in [3.05, 3.63) is 18.2 Å². The Kier molecular flexibility index (Phi) is 2.79. The Balaban J connectivity index is 2.19. The number of nitrogen functional groups attached to an aromatic ring is 1. The summed E-state index contributed by atoms with van der Waals surface area (Å²) in [6.07, 6.45) is 2.40. The zero-order chi connectivity index (χ0) is 12.7. The third-order valence-electron chi connectivity index (χ3n) is 3.08. The van der Waals surface area contributed by atoms with Crippen LogP contribution in [0.4, 0.5) is 11.4 Å². The summed E-state index contributed by atoms with van der Waals surface area (Å²) in [7, 11) is -3.71. The molecular weight excluding hydrogens is 238 g/mol. The largest absolute Gasteiger partial charge is 0.399 e. The monoisotopic (exact) mass is 255 g/mol. The Morgan fingerprint density at radius 1 is 1.35 bits per heavy atom. The Morgan fingerprint density at radius 3 is 2.53 bits per heavy atom. The van der Waals surface area contributed by atoms with Crippen LogP contribution in [0.1, 0.15) is 19.8 Å². The first-order chi connectivity index (χ1) is 7.78. The molecule has 0 unspecified atom stereocenters. The number of nitrogens with two attached hydrogens (primary N) is 2. The third-order valence-corrected chi connectivity index (χ3v) is 3.97. The minimum atomic E-state index is -3.71. The van der Waals surface area contributed by atoms with Crippen molar-refractivity contribution >= 4 is 21.4 Å². The van der Waals surface area contributed by atoms with Crippen LogP contribution in [0.15, 0.2) is 23.1 Å². The molecule has 1 saturated carbocycles. The van der Waals surface area contributed by atoms with Gasteiger partial charge in [0.15, 0.2) is 0 Å². The van der Waals surface area contributed by atoms with Gasteiger partial charge in [0.25, 0.3) is 0 Å². The Labute approximate surface area is 101 Å². The molecule has 6 heteroatoms. The van der Waals surface area contributed by atoms with Gasteiger partial charge in [-0.05, 0) is 36.5 Å². The fraction of sp³-hybridized carbons (Fsp3) is 0.455. The van der Waals surface area contributed by atoms with E-state index in [0.717, 1.165) is 6.54 Å². The first-order valence-electron chi connectivity index (χ1n) is 5.46. The van der Waals surface area contributed by atoms with E-state index in [1.165, 1.54) is 25.0 Å². The molecule has 0 saturated heterocycles. The van der Waals surface area contributed by atoms with Crippen LogP contribution in [-0.2, 0) is 10.0 Å². The quantitative estimate of drug-likeness (QED) is 0.702. The number of hydrogen-bond acceptors (Lipinski definition) is 4. The van der Waals surface area contributed by atoms with Gasteiger partial charge in [0, 0.05) is 17.9 Å². The van der Waals surface area contributed by atoms with Crippen LogP contribution in [0.3, 0.4) is 0 Å². The topological polar surface area (TPSA) is 98.2 Å². The van der Waals surface area contributed by atoms with E-state index in [9.17, 15) is 8.42 Å². The number of hydrogen-bond donors (Lipinski definition) is 3. The summed E-state index contributed by atoms with van der Waals surface area (Å²) in [5, 5.41) is 8.28. The molecule has 0 bridgehead atoms. The summed E-state index contributed by atoms with van der Waals surface area (Å²) in [6, 6.07) is 4.58. The smallest absolute Gasteiger partial charge is 0.238 e. The zero-order valence-electron chi connectivity index (χ0n) is 9.73. The second-order valence-electron chi connectivity index (χ2n) is 5.00. The minimum absolute atomic E-state index is 0.0425. The van der Waals surface area contributed by atoms with Gasteiger partial charge in [-0.3, -0.25) is 0 Å². The first kappa shape index (κ1) is 12.2. The maximum absolute atomic E-state index is 11.2. The maximum atomic E-state index is 11.2. The molecule has 0 atom stereocenters. The van der Waals surface area contributed by atoms with E-state index in [0.29, 0.717) is 16.8 Å². The molecule has 1 aromatic carbocycles. The molecule has 1 aromatic rings. The molecule has 5 N–H and O–H groups in total. The number of sulfonamides is 1. The van der Waals surface area contributed by atoms with Crippen molar-refractivity contribution in [2.24, 2.45) is 10.6 Å². The molecule has 0 aliphatic heterocycles. The molecule has 0 radical (unpaired) electrons. The van der Waals surface area contributed by atoms with E-state index < -0.39 is 10.0 Å². The van der Waals surface area contributed by atoms with Crippen molar-refractivity contribution in [1.82, 2.24) is 0 Å². The Hall–Kier alpha value is -1.27. The summed E-state index contributed by atoms with van der Waals surface area (Å²) in [6.45, 7) is 3.01. The Morgan fingerprint density at radius 2 is 2.00 bits per heavy atom. The van der Waals surface area contributed by atoms with Gasteiger partial charge in [-0.1, -0.05) is 6.92 Å². The lowest BCUT2D eigenvalue weighted by molar-refractivity contribution is 0.597. The van der Waals surface area contributed by atoms with Gasteiger partial charge in [-0.25, -0.2) is 13.6 Å². The maximum Gasteiger partial charge on any atom is 0.238 e. The molecule has 0 amide bonds. The molecule has 1 aliphatic rings. The van der Waals surface area contributed by atoms with Gasteiger partial charge in [0.1, 0.15) is 0 Å². The van der Waals surface area contributed by atoms with E-state index >= 15 is 0 Å². The van der Waals surface area contributed by atoms with Gasteiger partial charge in [0.2, 0.25) is 10.0 Å². The molecule has 94 valence electrons. The number of rotatable bonds is 4. The van der Waals surface area contributed by atoms with Gasteiger partial charge < -0.3 is 11.1 Å². The number of benzene rings is 1. The molecular formula is C11H17N3O2S. The van der Waals surface area contributed by atoms with Crippen molar-refractivity contribution < 1.29 is 8.42 Å². The first-order valence-corrected chi connectivity index (χ1v) is 7.00. The van der Waals surface area contributed by atoms with Crippen LogP contribution < -0.4 is 16.2 Å². The van der Waals surface area contributed by atoms with E-state index in [1.807, 2.05) is 0 Å². The predicted octanol–water partition coefficient (Wildman–Crippen LogP) is 1.13. The molecule has 2 rings (SSSR count). The minimum Gasteiger partial charge on any atom is -0.399 e. The normalized spacial score (nSPS) is 17.8. The van der Waals surface area contributed by atoms with Gasteiger partial charge in [0.05, 0.1) is 4.90 Å². The van der Waals surface area contributed by atoms with Crippen LogP contribution in [0.25, 0.3) is 0 Å². The Bertz CT molecular complexity index is 536. The molecule has 5 nitrogen and oxygen atoms in total. The average molecular weight is 255 g/mol. The standard InChI is InChI=1S/C11H17N3O2S/c1-11(2-3-11)7-14-9-4-8(12)5-10(6-9)17(13,15)16/h4-6,14H,2-3,7,12H2,1H3,(H2,13,15,16).